The molecule has 23 heavy (non-hydrogen) atoms. The van der Waals surface area contributed by atoms with E-state index in [2.05, 4.69) is 15.4 Å². The zero-order valence-electron chi connectivity index (χ0n) is 12.0. The van der Waals surface area contributed by atoms with Crippen LogP contribution < -0.4 is 15.4 Å². The van der Waals surface area contributed by atoms with E-state index in [1.165, 1.54) is 6.07 Å². The second kappa shape index (κ2) is 6.32. The predicted octanol–water partition coefficient (Wildman–Crippen LogP) is 2.39. The van der Waals surface area contributed by atoms with Crippen molar-refractivity contribution in [2.24, 2.45) is 0 Å². The van der Waals surface area contributed by atoms with Crippen LogP contribution in [0.5, 0.6) is 5.75 Å². The number of halogens is 3. The van der Waals surface area contributed by atoms with Crippen molar-refractivity contribution in [1.82, 2.24) is 10.6 Å². The van der Waals surface area contributed by atoms with E-state index in [1.807, 2.05) is 6.92 Å². The first-order valence-electron chi connectivity index (χ1n) is 6.50. The van der Waals surface area contributed by atoms with Crippen LogP contribution in [-0.4, -0.2) is 23.6 Å². The van der Waals surface area contributed by atoms with Crippen molar-refractivity contribution in [3.05, 3.63) is 46.3 Å². The highest BCUT2D eigenvalue weighted by Crippen LogP contribution is 2.29. The molecule has 0 saturated heterocycles. The molecule has 0 radical (unpaired) electrons. The predicted molar refractivity (Wildman–Crippen MR) is 73.3 cm³/mol. The number of benzene rings is 1. The quantitative estimate of drug-likeness (QED) is 0.614. The monoisotopic (exact) mass is 333 g/mol. The van der Waals surface area contributed by atoms with E-state index >= 15 is 0 Å². The number of nitro groups is 1. The number of ether oxygens (including phenoxy) is 2. The zero-order chi connectivity index (χ0) is 17.1. The molecule has 7 nitrogen and oxygen atoms in total. The largest absolute Gasteiger partial charge is 0.573 e. The van der Waals surface area contributed by atoms with Crippen LogP contribution in [0.2, 0.25) is 0 Å². The fourth-order valence-electron chi connectivity index (χ4n) is 1.97. The van der Waals surface area contributed by atoms with Crippen LogP contribution in [0.3, 0.4) is 0 Å². The lowest BCUT2D eigenvalue weighted by atomic mass is 10.2. The first-order valence-corrected chi connectivity index (χ1v) is 6.50. The summed E-state index contributed by atoms with van der Waals surface area (Å²) in [5, 5.41) is 17.0. The molecule has 0 amide bonds. The summed E-state index contributed by atoms with van der Waals surface area (Å²) in [4.78, 5) is 10.2. The Morgan fingerprint density at radius 1 is 1.30 bits per heavy atom. The summed E-state index contributed by atoms with van der Waals surface area (Å²) < 4.78 is 45.5. The summed E-state index contributed by atoms with van der Waals surface area (Å²) in [5.74, 6) is -0.650. The Balaban J connectivity index is 2.04. The van der Waals surface area contributed by atoms with Gasteiger partial charge in [-0.2, -0.15) is 0 Å². The molecule has 0 aromatic heterocycles. The van der Waals surface area contributed by atoms with Crippen molar-refractivity contribution in [2.75, 3.05) is 6.61 Å². The molecule has 0 fully saturated rings. The van der Waals surface area contributed by atoms with Gasteiger partial charge in [-0.05, 0) is 19.1 Å². The van der Waals surface area contributed by atoms with E-state index in [1.54, 1.807) is 12.4 Å². The van der Waals surface area contributed by atoms with Gasteiger partial charge in [-0.1, -0.05) is 0 Å². The van der Waals surface area contributed by atoms with E-state index in [0.717, 1.165) is 12.1 Å². The Kier molecular flexibility index (Phi) is 4.64. The molecule has 0 atom stereocenters. The van der Waals surface area contributed by atoms with Gasteiger partial charge in [0, 0.05) is 12.4 Å². The lowest BCUT2D eigenvalue weighted by molar-refractivity contribution is -0.386. The summed E-state index contributed by atoms with van der Waals surface area (Å²) in [7, 11) is 0. The molecule has 126 valence electrons. The minimum absolute atomic E-state index is 0.123. The van der Waals surface area contributed by atoms with Gasteiger partial charge >= 0.3 is 6.36 Å². The van der Waals surface area contributed by atoms with Gasteiger partial charge in [0.05, 0.1) is 29.8 Å². The van der Waals surface area contributed by atoms with Crippen LogP contribution in [-0.2, 0) is 11.3 Å². The highest BCUT2D eigenvalue weighted by Gasteiger charge is 2.32. The van der Waals surface area contributed by atoms with Crippen molar-refractivity contribution in [3.63, 3.8) is 0 Å². The fraction of sp³-hybridized carbons (Fsp3) is 0.385. The third-order valence-electron chi connectivity index (χ3n) is 3.02. The average Bonchev–Trinajstić information content (AvgIpc) is 2.85. The standard InChI is InChI=1S/C13H14F3N3O4/c1-12(17-4-5-18-12)8-22-7-9-2-3-10(23-13(14,15)16)6-11(9)19(20)21/h2-6,17-18H,7-8H2,1H3. The van der Waals surface area contributed by atoms with E-state index in [9.17, 15) is 23.3 Å². The number of hydrogen-bond donors (Lipinski definition) is 2. The summed E-state index contributed by atoms with van der Waals surface area (Å²) in [5.41, 5.74) is -0.879. The molecule has 1 aromatic carbocycles. The minimum atomic E-state index is -4.91. The topological polar surface area (TPSA) is 85.7 Å². The normalized spacial score (nSPS) is 15.8. The number of hydrogen-bond acceptors (Lipinski definition) is 6. The van der Waals surface area contributed by atoms with Crippen molar-refractivity contribution in [2.45, 2.75) is 25.6 Å². The van der Waals surface area contributed by atoms with Crippen LogP contribution in [0.25, 0.3) is 0 Å². The molecule has 1 aliphatic heterocycles. The fourth-order valence-corrected chi connectivity index (χ4v) is 1.97. The van der Waals surface area contributed by atoms with Crippen LogP contribution in [0.1, 0.15) is 12.5 Å². The Bertz CT molecular complexity index is 611. The van der Waals surface area contributed by atoms with Crippen molar-refractivity contribution in [3.8, 4) is 5.75 Å². The third-order valence-corrected chi connectivity index (χ3v) is 3.02. The molecule has 2 N–H and O–H groups in total. The van der Waals surface area contributed by atoms with E-state index in [4.69, 9.17) is 4.74 Å². The Labute approximate surface area is 129 Å². The number of nitrogens with one attached hydrogen (secondary N) is 2. The zero-order valence-corrected chi connectivity index (χ0v) is 12.0. The van der Waals surface area contributed by atoms with Crippen molar-refractivity contribution < 1.29 is 27.6 Å². The molecular formula is C13H14F3N3O4. The molecule has 0 aliphatic carbocycles. The molecule has 1 heterocycles. The van der Waals surface area contributed by atoms with Crippen molar-refractivity contribution in [1.29, 1.82) is 0 Å². The highest BCUT2D eigenvalue weighted by molar-refractivity contribution is 5.45. The van der Waals surface area contributed by atoms with Crippen molar-refractivity contribution >= 4 is 5.69 Å². The molecule has 1 aliphatic rings. The summed E-state index contributed by atoms with van der Waals surface area (Å²) in [6.07, 6.45) is -1.53. The molecular weight excluding hydrogens is 319 g/mol. The number of nitro benzene ring substituents is 1. The Morgan fingerprint density at radius 3 is 2.52 bits per heavy atom. The summed E-state index contributed by atoms with van der Waals surface area (Å²) in [6.45, 7) is 1.89. The lowest BCUT2D eigenvalue weighted by Crippen LogP contribution is -2.49. The van der Waals surface area contributed by atoms with Gasteiger partial charge in [-0.25, -0.2) is 0 Å². The maximum absolute atomic E-state index is 12.2. The average molecular weight is 333 g/mol. The minimum Gasteiger partial charge on any atom is -0.406 e. The maximum Gasteiger partial charge on any atom is 0.573 e. The lowest BCUT2D eigenvalue weighted by Gasteiger charge is -2.25. The molecule has 10 heteroatoms. The molecule has 0 spiro atoms. The van der Waals surface area contributed by atoms with Gasteiger partial charge in [0.25, 0.3) is 5.69 Å². The van der Waals surface area contributed by atoms with Crippen LogP contribution in [0.4, 0.5) is 18.9 Å². The van der Waals surface area contributed by atoms with Gasteiger partial charge in [0.1, 0.15) is 11.4 Å². The smallest absolute Gasteiger partial charge is 0.406 e. The first kappa shape index (κ1) is 16.9. The number of rotatable bonds is 6. The second-order valence-corrected chi connectivity index (χ2v) is 5.04. The summed E-state index contributed by atoms with van der Waals surface area (Å²) in [6, 6.07) is 2.91. The Hall–Kier alpha value is -2.49. The summed E-state index contributed by atoms with van der Waals surface area (Å²) >= 11 is 0. The van der Waals surface area contributed by atoms with Gasteiger partial charge in [0.15, 0.2) is 0 Å². The second-order valence-electron chi connectivity index (χ2n) is 5.04. The van der Waals surface area contributed by atoms with Gasteiger partial charge in [0.2, 0.25) is 0 Å². The van der Waals surface area contributed by atoms with Gasteiger partial charge < -0.3 is 20.1 Å². The SMILES string of the molecule is CC1(COCc2ccc(OC(F)(F)F)cc2[N+](=O)[O-])NC=CN1. The van der Waals surface area contributed by atoms with Crippen LogP contribution in [0, 0.1) is 10.1 Å². The molecule has 1 aromatic rings. The van der Waals surface area contributed by atoms with E-state index < -0.39 is 28.4 Å². The third kappa shape index (κ3) is 4.74. The number of nitrogens with zero attached hydrogens (tertiary/aromatic N) is 1. The molecule has 2 rings (SSSR count). The highest BCUT2D eigenvalue weighted by atomic mass is 19.4. The van der Waals surface area contributed by atoms with Crippen LogP contribution >= 0.6 is 0 Å². The van der Waals surface area contributed by atoms with Crippen LogP contribution in [0.15, 0.2) is 30.6 Å². The maximum atomic E-state index is 12.2. The van der Waals surface area contributed by atoms with E-state index in [-0.39, 0.29) is 18.8 Å². The van der Waals surface area contributed by atoms with E-state index in [0.29, 0.717) is 0 Å². The first-order chi connectivity index (χ1) is 10.7. The molecule has 0 unspecified atom stereocenters. The molecule has 0 saturated carbocycles. The molecule has 0 bridgehead atoms. The van der Waals surface area contributed by atoms with Gasteiger partial charge in [-0.15, -0.1) is 13.2 Å². The van der Waals surface area contributed by atoms with Gasteiger partial charge in [-0.3, -0.25) is 10.1 Å². The Morgan fingerprint density at radius 2 is 1.96 bits per heavy atom. The number of alkyl halides is 3.